The standard InChI is InChI=1S/C11H15F3N2O/c1-16(5-6-17-2)10-4-3-8(15)7-9(10)11(12,13)14/h3-4,7H,5-6,15H2,1-2H3. The monoisotopic (exact) mass is 248 g/mol. The van der Waals surface area contributed by atoms with Crippen LogP contribution in [0.1, 0.15) is 5.56 Å². The fraction of sp³-hybridized carbons (Fsp3) is 0.455. The quantitative estimate of drug-likeness (QED) is 0.831. The predicted molar refractivity (Wildman–Crippen MR) is 61.0 cm³/mol. The second kappa shape index (κ2) is 5.27. The van der Waals surface area contributed by atoms with Gasteiger partial charge in [-0.1, -0.05) is 0 Å². The number of halogens is 3. The van der Waals surface area contributed by atoms with Crippen molar-refractivity contribution in [3.8, 4) is 0 Å². The lowest BCUT2D eigenvalue weighted by Gasteiger charge is -2.23. The second-order valence-corrected chi connectivity index (χ2v) is 3.69. The van der Waals surface area contributed by atoms with E-state index in [1.165, 1.54) is 24.1 Å². The first-order chi connectivity index (χ1) is 7.86. The Hall–Kier alpha value is -1.43. The van der Waals surface area contributed by atoms with Gasteiger partial charge in [-0.2, -0.15) is 13.2 Å². The van der Waals surface area contributed by atoms with Gasteiger partial charge in [0.25, 0.3) is 0 Å². The lowest BCUT2D eigenvalue weighted by atomic mass is 10.1. The van der Waals surface area contributed by atoms with E-state index < -0.39 is 11.7 Å². The molecule has 0 unspecified atom stereocenters. The number of likely N-dealkylation sites (N-methyl/N-ethyl adjacent to an activating group) is 1. The van der Waals surface area contributed by atoms with Crippen LogP contribution in [0.3, 0.4) is 0 Å². The Morgan fingerprint density at radius 3 is 2.53 bits per heavy atom. The molecule has 0 aliphatic carbocycles. The molecule has 1 rings (SSSR count). The highest BCUT2D eigenvalue weighted by atomic mass is 19.4. The maximum Gasteiger partial charge on any atom is 0.418 e. The molecule has 17 heavy (non-hydrogen) atoms. The van der Waals surface area contributed by atoms with Crippen LogP contribution in [0, 0.1) is 0 Å². The van der Waals surface area contributed by atoms with Crippen molar-refractivity contribution < 1.29 is 17.9 Å². The average molecular weight is 248 g/mol. The Kier molecular flexibility index (Phi) is 4.22. The topological polar surface area (TPSA) is 38.5 Å². The van der Waals surface area contributed by atoms with E-state index in [4.69, 9.17) is 10.5 Å². The summed E-state index contributed by atoms with van der Waals surface area (Å²) in [5, 5.41) is 0. The SMILES string of the molecule is COCCN(C)c1ccc(N)cc1C(F)(F)F. The van der Waals surface area contributed by atoms with Crippen LogP contribution in [-0.4, -0.2) is 27.3 Å². The van der Waals surface area contributed by atoms with Crippen molar-refractivity contribution in [1.82, 2.24) is 0 Å². The number of ether oxygens (including phenoxy) is 1. The summed E-state index contributed by atoms with van der Waals surface area (Å²) < 4.78 is 43.2. The minimum Gasteiger partial charge on any atom is -0.399 e. The first kappa shape index (κ1) is 13.6. The summed E-state index contributed by atoms with van der Waals surface area (Å²) in [6.07, 6.45) is -4.41. The van der Waals surface area contributed by atoms with E-state index in [9.17, 15) is 13.2 Å². The van der Waals surface area contributed by atoms with Crippen molar-refractivity contribution in [1.29, 1.82) is 0 Å². The van der Waals surface area contributed by atoms with Crippen molar-refractivity contribution in [2.45, 2.75) is 6.18 Å². The molecule has 0 atom stereocenters. The van der Waals surface area contributed by atoms with E-state index >= 15 is 0 Å². The third kappa shape index (κ3) is 3.52. The largest absolute Gasteiger partial charge is 0.418 e. The molecule has 0 aromatic heterocycles. The van der Waals surface area contributed by atoms with Gasteiger partial charge < -0.3 is 15.4 Å². The number of methoxy groups -OCH3 is 1. The summed E-state index contributed by atoms with van der Waals surface area (Å²) in [5.41, 5.74) is 4.85. The lowest BCUT2D eigenvalue weighted by molar-refractivity contribution is -0.137. The van der Waals surface area contributed by atoms with Gasteiger partial charge in [-0.15, -0.1) is 0 Å². The molecule has 1 aromatic rings. The van der Waals surface area contributed by atoms with Gasteiger partial charge in [-0.05, 0) is 18.2 Å². The van der Waals surface area contributed by atoms with E-state index in [-0.39, 0.29) is 11.4 Å². The fourth-order valence-electron chi connectivity index (χ4n) is 1.46. The molecule has 0 fully saturated rings. The van der Waals surface area contributed by atoms with Gasteiger partial charge >= 0.3 is 6.18 Å². The summed E-state index contributed by atoms with van der Waals surface area (Å²) in [4.78, 5) is 1.49. The van der Waals surface area contributed by atoms with Crippen LogP contribution >= 0.6 is 0 Å². The van der Waals surface area contributed by atoms with Gasteiger partial charge in [-0.25, -0.2) is 0 Å². The number of anilines is 2. The minimum absolute atomic E-state index is 0.0983. The Morgan fingerprint density at radius 1 is 1.35 bits per heavy atom. The van der Waals surface area contributed by atoms with E-state index in [1.807, 2.05) is 0 Å². The van der Waals surface area contributed by atoms with Gasteiger partial charge in [0.2, 0.25) is 0 Å². The maximum atomic E-state index is 12.8. The normalized spacial score (nSPS) is 11.6. The average Bonchev–Trinajstić information content (AvgIpc) is 2.24. The first-order valence-electron chi connectivity index (χ1n) is 5.03. The smallest absolute Gasteiger partial charge is 0.399 e. The molecule has 0 aliphatic rings. The Balaban J connectivity index is 3.06. The van der Waals surface area contributed by atoms with E-state index in [1.54, 1.807) is 7.05 Å². The molecule has 0 heterocycles. The molecule has 0 radical (unpaired) electrons. The number of rotatable bonds is 4. The van der Waals surface area contributed by atoms with Crippen molar-refractivity contribution in [3.63, 3.8) is 0 Å². The third-order valence-electron chi connectivity index (χ3n) is 2.37. The molecule has 1 aromatic carbocycles. The molecule has 96 valence electrons. The van der Waals surface area contributed by atoms with Crippen molar-refractivity contribution in [2.24, 2.45) is 0 Å². The molecular formula is C11H15F3N2O. The van der Waals surface area contributed by atoms with E-state index in [0.717, 1.165) is 6.07 Å². The van der Waals surface area contributed by atoms with Crippen LogP contribution in [0.2, 0.25) is 0 Å². The van der Waals surface area contributed by atoms with Crippen molar-refractivity contribution in [2.75, 3.05) is 37.9 Å². The number of benzene rings is 1. The lowest BCUT2D eigenvalue weighted by Crippen LogP contribution is -2.25. The fourth-order valence-corrected chi connectivity index (χ4v) is 1.46. The van der Waals surface area contributed by atoms with Crippen LogP contribution < -0.4 is 10.6 Å². The molecule has 2 N–H and O–H groups in total. The van der Waals surface area contributed by atoms with Gasteiger partial charge in [0.15, 0.2) is 0 Å². The van der Waals surface area contributed by atoms with Gasteiger partial charge in [0.1, 0.15) is 0 Å². The zero-order valence-electron chi connectivity index (χ0n) is 9.71. The minimum atomic E-state index is -4.41. The molecule has 0 saturated carbocycles. The van der Waals surface area contributed by atoms with Crippen LogP contribution in [-0.2, 0) is 10.9 Å². The second-order valence-electron chi connectivity index (χ2n) is 3.69. The number of alkyl halides is 3. The summed E-state index contributed by atoms with van der Waals surface area (Å²) >= 11 is 0. The van der Waals surface area contributed by atoms with Gasteiger partial charge in [0.05, 0.1) is 12.2 Å². The van der Waals surface area contributed by atoms with Gasteiger partial charge in [0, 0.05) is 32.1 Å². The Labute approximate surface area is 98.0 Å². The van der Waals surface area contributed by atoms with Crippen LogP contribution in [0.15, 0.2) is 18.2 Å². The van der Waals surface area contributed by atoms with Gasteiger partial charge in [-0.3, -0.25) is 0 Å². The zero-order valence-corrected chi connectivity index (χ0v) is 9.71. The maximum absolute atomic E-state index is 12.8. The highest BCUT2D eigenvalue weighted by Gasteiger charge is 2.34. The third-order valence-corrected chi connectivity index (χ3v) is 2.37. The summed E-state index contributed by atoms with van der Waals surface area (Å²) in [6, 6.07) is 3.76. The van der Waals surface area contributed by atoms with Crippen molar-refractivity contribution >= 4 is 11.4 Å². The van der Waals surface area contributed by atoms with E-state index in [2.05, 4.69) is 0 Å². The Morgan fingerprint density at radius 2 is 2.00 bits per heavy atom. The molecule has 0 bridgehead atoms. The number of nitrogen functional groups attached to an aromatic ring is 1. The molecule has 6 heteroatoms. The number of nitrogens with zero attached hydrogens (tertiary/aromatic N) is 1. The molecule has 0 aliphatic heterocycles. The summed E-state index contributed by atoms with van der Waals surface area (Å²) in [7, 11) is 3.08. The molecule has 3 nitrogen and oxygen atoms in total. The Bertz CT molecular complexity index is 379. The summed E-state index contributed by atoms with van der Waals surface area (Å²) in [6.45, 7) is 0.738. The molecule has 0 saturated heterocycles. The van der Waals surface area contributed by atoms with Crippen LogP contribution in [0.5, 0.6) is 0 Å². The molecular weight excluding hydrogens is 233 g/mol. The number of hydrogen-bond donors (Lipinski definition) is 1. The predicted octanol–water partition coefficient (Wildman–Crippen LogP) is 2.37. The number of nitrogens with two attached hydrogens (primary N) is 1. The van der Waals surface area contributed by atoms with E-state index in [0.29, 0.717) is 13.2 Å². The highest BCUT2D eigenvalue weighted by molar-refractivity contribution is 5.60. The molecule has 0 amide bonds. The summed E-state index contributed by atoms with van der Waals surface area (Å²) in [5.74, 6) is 0. The first-order valence-corrected chi connectivity index (χ1v) is 5.03. The molecule has 0 spiro atoms. The zero-order chi connectivity index (χ0) is 13.1. The van der Waals surface area contributed by atoms with Crippen LogP contribution in [0.4, 0.5) is 24.5 Å². The highest BCUT2D eigenvalue weighted by Crippen LogP contribution is 2.37. The number of hydrogen-bond acceptors (Lipinski definition) is 3. The van der Waals surface area contributed by atoms with Crippen LogP contribution in [0.25, 0.3) is 0 Å². The van der Waals surface area contributed by atoms with Crippen molar-refractivity contribution in [3.05, 3.63) is 23.8 Å².